The molecule has 1 heteroatoms. The highest BCUT2D eigenvalue weighted by Gasteiger charge is 2.22. The summed E-state index contributed by atoms with van der Waals surface area (Å²) < 4.78 is 0. The van der Waals surface area contributed by atoms with Gasteiger partial charge in [-0.2, -0.15) is 0 Å². The van der Waals surface area contributed by atoms with Gasteiger partial charge in [-0.1, -0.05) is 37.8 Å². The minimum Gasteiger partial charge on any atom is -0.294 e. The molecule has 0 atom stereocenters. The second kappa shape index (κ2) is 5.26. The van der Waals surface area contributed by atoms with Gasteiger partial charge in [0.2, 0.25) is 0 Å². The van der Waals surface area contributed by atoms with Crippen molar-refractivity contribution >= 4 is 5.78 Å². The average molecular weight is 242 g/mol. The molecule has 1 saturated carbocycles. The van der Waals surface area contributed by atoms with Crippen molar-refractivity contribution in [2.24, 2.45) is 5.92 Å². The van der Waals surface area contributed by atoms with Crippen LogP contribution in [0.2, 0.25) is 0 Å². The highest BCUT2D eigenvalue weighted by atomic mass is 16.1. The smallest absolute Gasteiger partial charge is 0.165 e. The van der Waals surface area contributed by atoms with E-state index in [0.717, 1.165) is 18.4 Å². The van der Waals surface area contributed by atoms with Crippen LogP contribution in [0.5, 0.6) is 0 Å². The maximum absolute atomic E-state index is 12.6. The lowest BCUT2D eigenvalue weighted by atomic mass is 9.90. The Balaban J connectivity index is 1.79. The number of carbonyl (C=O) groups is 1. The zero-order chi connectivity index (χ0) is 12.4. The Morgan fingerprint density at radius 2 is 1.61 bits per heavy atom. The molecule has 96 valence electrons. The third-order valence-electron chi connectivity index (χ3n) is 4.61. The maximum atomic E-state index is 12.6. The molecule has 1 nitrogen and oxygen atoms in total. The fraction of sp³-hybridized carbons (Fsp3) is 0.588. The summed E-state index contributed by atoms with van der Waals surface area (Å²) in [7, 11) is 0. The van der Waals surface area contributed by atoms with Crippen LogP contribution in [0.4, 0.5) is 0 Å². The van der Waals surface area contributed by atoms with Crippen molar-refractivity contribution in [3.8, 4) is 0 Å². The summed E-state index contributed by atoms with van der Waals surface area (Å²) in [6.07, 6.45) is 10.9. The van der Waals surface area contributed by atoms with Crippen LogP contribution in [-0.2, 0) is 12.8 Å². The van der Waals surface area contributed by atoms with Crippen molar-refractivity contribution in [3.05, 3.63) is 34.9 Å². The van der Waals surface area contributed by atoms with Crippen molar-refractivity contribution < 1.29 is 4.79 Å². The first kappa shape index (κ1) is 12.0. The Kier molecular flexibility index (Phi) is 3.49. The molecular weight excluding hydrogens is 220 g/mol. The summed E-state index contributed by atoms with van der Waals surface area (Å²) in [5, 5.41) is 0. The third-order valence-corrected chi connectivity index (χ3v) is 4.61. The van der Waals surface area contributed by atoms with Gasteiger partial charge in [-0.25, -0.2) is 0 Å². The number of Topliss-reactive ketones (excluding diaryl/α,β-unsaturated/α-hetero) is 1. The lowest BCUT2D eigenvalue weighted by Gasteiger charge is -2.13. The van der Waals surface area contributed by atoms with Crippen LogP contribution in [0.15, 0.2) is 18.2 Å². The molecule has 3 rings (SSSR count). The Morgan fingerprint density at radius 3 is 2.39 bits per heavy atom. The quantitative estimate of drug-likeness (QED) is 0.557. The lowest BCUT2D eigenvalue weighted by molar-refractivity contribution is 0.0908. The Labute approximate surface area is 110 Å². The zero-order valence-corrected chi connectivity index (χ0v) is 11.1. The zero-order valence-electron chi connectivity index (χ0n) is 11.1. The number of rotatable bonds is 2. The SMILES string of the molecule is O=C(c1ccc2c(c1)CCC2)C1CCCCCC1. The molecule has 0 amide bonds. The van der Waals surface area contributed by atoms with Crippen LogP contribution in [0.3, 0.4) is 0 Å². The van der Waals surface area contributed by atoms with Gasteiger partial charge in [-0.3, -0.25) is 4.79 Å². The molecule has 2 aliphatic carbocycles. The first-order chi connectivity index (χ1) is 8.84. The van der Waals surface area contributed by atoms with Gasteiger partial charge in [-0.05, 0) is 49.3 Å². The van der Waals surface area contributed by atoms with Gasteiger partial charge in [0, 0.05) is 11.5 Å². The van der Waals surface area contributed by atoms with Crippen LogP contribution in [0, 0.1) is 5.92 Å². The van der Waals surface area contributed by atoms with Crippen LogP contribution in [0.1, 0.15) is 66.4 Å². The fourth-order valence-electron chi connectivity index (χ4n) is 3.50. The summed E-state index contributed by atoms with van der Waals surface area (Å²) >= 11 is 0. The standard InChI is InChI=1S/C17H22O/c18-17(14-6-3-1-2-4-7-14)16-11-10-13-8-5-9-15(13)12-16/h10-12,14H,1-9H2. The second-order valence-electron chi connectivity index (χ2n) is 5.89. The van der Waals surface area contributed by atoms with E-state index < -0.39 is 0 Å². The van der Waals surface area contributed by atoms with Gasteiger partial charge in [-0.15, -0.1) is 0 Å². The molecule has 0 radical (unpaired) electrons. The lowest BCUT2D eigenvalue weighted by Crippen LogP contribution is -2.14. The topological polar surface area (TPSA) is 17.1 Å². The van der Waals surface area contributed by atoms with Gasteiger partial charge in [0.15, 0.2) is 5.78 Å². The van der Waals surface area contributed by atoms with E-state index in [0.29, 0.717) is 11.7 Å². The number of hydrogen-bond acceptors (Lipinski definition) is 1. The molecule has 2 aliphatic rings. The molecule has 0 N–H and O–H groups in total. The van der Waals surface area contributed by atoms with Gasteiger partial charge < -0.3 is 0 Å². The summed E-state index contributed by atoms with van der Waals surface area (Å²) in [6.45, 7) is 0. The molecule has 0 saturated heterocycles. The van der Waals surface area contributed by atoms with E-state index in [2.05, 4.69) is 18.2 Å². The minimum atomic E-state index is 0.298. The maximum Gasteiger partial charge on any atom is 0.165 e. The largest absolute Gasteiger partial charge is 0.294 e. The molecule has 0 unspecified atom stereocenters. The van der Waals surface area contributed by atoms with E-state index >= 15 is 0 Å². The number of hydrogen-bond donors (Lipinski definition) is 0. The van der Waals surface area contributed by atoms with Crippen molar-refractivity contribution in [3.63, 3.8) is 0 Å². The molecule has 1 aromatic carbocycles. The van der Waals surface area contributed by atoms with Crippen LogP contribution in [0.25, 0.3) is 0 Å². The fourth-order valence-corrected chi connectivity index (χ4v) is 3.50. The highest BCUT2D eigenvalue weighted by Crippen LogP contribution is 2.28. The molecule has 0 aliphatic heterocycles. The number of carbonyl (C=O) groups excluding carboxylic acids is 1. The number of fused-ring (bicyclic) bond motifs is 1. The Hall–Kier alpha value is -1.11. The first-order valence-electron chi connectivity index (χ1n) is 7.50. The first-order valence-corrected chi connectivity index (χ1v) is 7.50. The second-order valence-corrected chi connectivity index (χ2v) is 5.89. The van der Waals surface area contributed by atoms with E-state index in [1.165, 1.54) is 56.1 Å². The van der Waals surface area contributed by atoms with Crippen LogP contribution in [-0.4, -0.2) is 5.78 Å². The van der Waals surface area contributed by atoms with Crippen LogP contribution < -0.4 is 0 Å². The predicted molar refractivity (Wildman–Crippen MR) is 74.0 cm³/mol. The van der Waals surface area contributed by atoms with E-state index in [1.807, 2.05) is 0 Å². The van der Waals surface area contributed by atoms with Crippen molar-refractivity contribution in [2.45, 2.75) is 57.8 Å². The molecule has 1 aromatic rings. The van der Waals surface area contributed by atoms with Gasteiger partial charge in [0.1, 0.15) is 0 Å². The van der Waals surface area contributed by atoms with Crippen molar-refractivity contribution in [1.29, 1.82) is 0 Å². The van der Waals surface area contributed by atoms with Crippen molar-refractivity contribution in [2.75, 3.05) is 0 Å². The summed E-state index contributed by atoms with van der Waals surface area (Å²) in [5.41, 5.74) is 3.87. The molecule has 0 spiro atoms. The molecule has 0 bridgehead atoms. The predicted octanol–water partition coefficient (Wildman–Crippen LogP) is 4.33. The minimum absolute atomic E-state index is 0.298. The number of benzene rings is 1. The van der Waals surface area contributed by atoms with Gasteiger partial charge >= 0.3 is 0 Å². The summed E-state index contributed by atoms with van der Waals surface area (Å²) in [5.74, 6) is 0.707. The highest BCUT2D eigenvalue weighted by molar-refractivity contribution is 5.98. The average Bonchev–Trinajstić information content (AvgIpc) is 2.69. The van der Waals surface area contributed by atoms with E-state index in [1.54, 1.807) is 0 Å². The third kappa shape index (κ3) is 2.36. The number of ketones is 1. The van der Waals surface area contributed by atoms with E-state index in [4.69, 9.17) is 0 Å². The summed E-state index contributed by atoms with van der Waals surface area (Å²) in [4.78, 5) is 12.6. The van der Waals surface area contributed by atoms with E-state index in [9.17, 15) is 4.79 Å². The number of aryl methyl sites for hydroxylation is 2. The molecule has 18 heavy (non-hydrogen) atoms. The van der Waals surface area contributed by atoms with Gasteiger partial charge in [0.05, 0.1) is 0 Å². The molecule has 0 aromatic heterocycles. The Morgan fingerprint density at radius 1 is 0.889 bits per heavy atom. The van der Waals surface area contributed by atoms with Crippen LogP contribution >= 0.6 is 0 Å². The summed E-state index contributed by atoms with van der Waals surface area (Å²) in [6, 6.07) is 6.43. The molecule has 0 heterocycles. The van der Waals surface area contributed by atoms with E-state index in [-0.39, 0.29) is 0 Å². The monoisotopic (exact) mass is 242 g/mol. The van der Waals surface area contributed by atoms with Gasteiger partial charge in [0.25, 0.3) is 0 Å². The molecule has 1 fully saturated rings. The Bertz CT molecular complexity index is 439. The van der Waals surface area contributed by atoms with Crippen molar-refractivity contribution in [1.82, 2.24) is 0 Å². The normalized spacial score (nSPS) is 20.4. The molecular formula is C17H22O.